The summed E-state index contributed by atoms with van der Waals surface area (Å²) in [5.41, 5.74) is 3.57. The number of aromatic nitrogens is 7. The van der Waals surface area contributed by atoms with Crippen LogP contribution < -0.4 is 36.0 Å². The average molecular weight is 1170 g/mol. The van der Waals surface area contributed by atoms with E-state index in [9.17, 15) is 52.2 Å². The van der Waals surface area contributed by atoms with Crippen molar-refractivity contribution in [1.82, 2.24) is 64.6 Å². The predicted octanol–water partition coefficient (Wildman–Crippen LogP) is 3.20. The largest absolute Gasteiger partial charge is 0.495 e. The van der Waals surface area contributed by atoms with Gasteiger partial charge in [0.1, 0.15) is 42.9 Å². The lowest BCUT2D eigenvalue weighted by Gasteiger charge is -2.32. The van der Waals surface area contributed by atoms with Gasteiger partial charge in [-0.2, -0.15) is 14.9 Å². The molecule has 0 aliphatic carbocycles. The first-order valence-corrected chi connectivity index (χ1v) is 28.0. The number of rotatable bonds is 27. The lowest BCUT2D eigenvalue weighted by Crippen LogP contribution is -2.48. The number of ether oxygens (including phenoxy) is 2. The van der Waals surface area contributed by atoms with E-state index >= 15 is 0 Å². The molecule has 7 amide bonds. The van der Waals surface area contributed by atoms with Crippen LogP contribution in [0.4, 0.5) is 31.6 Å². The van der Waals surface area contributed by atoms with Crippen LogP contribution in [0, 0.1) is 13.8 Å². The van der Waals surface area contributed by atoms with Crippen LogP contribution in [-0.4, -0.2) is 181 Å². The Balaban J connectivity index is 0.000000304. The van der Waals surface area contributed by atoms with E-state index in [1.807, 2.05) is 49.9 Å². The molecule has 5 aromatic rings. The zero-order valence-electron chi connectivity index (χ0n) is 47.1. The number of nitrogens with one attached hydrogen (secondary N) is 6. The number of carboxylic acids is 2. The number of amides is 7. The molecule has 1 saturated heterocycles. The number of methoxy groups -OCH3 is 1. The molecule has 4 heterocycles. The number of likely N-dealkylation sites (tertiary alicyclic amines) is 1. The van der Waals surface area contributed by atoms with Crippen molar-refractivity contribution in [2.24, 2.45) is 0 Å². The number of nitrogens with zero attached hydrogens (tertiary/aromatic N) is 10. The Hall–Kier alpha value is -9.03. The number of alkyl carbamates (subject to hydrolysis) is 1. The van der Waals surface area contributed by atoms with E-state index < -0.39 is 46.2 Å². The van der Waals surface area contributed by atoms with Gasteiger partial charge in [-0.05, 0) is 74.1 Å². The third-order valence-corrected chi connectivity index (χ3v) is 14.1. The lowest BCUT2D eigenvalue weighted by molar-refractivity contribution is -0.140. The van der Waals surface area contributed by atoms with Crippen molar-refractivity contribution in [2.45, 2.75) is 97.2 Å². The number of para-hydroxylation sites is 1. The molecular weight excluding hydrogens is 1100 g/mol. The molecule has 2 unspecified atom stereocenters. The highest BCUT2D eigenvalue weighted by molar-refractivity contribution is 7.89. The molecule has 1 fully saturated rings. The van der Waals surface area contributed by atoms with Gasteiger partial charge < -0.3 is 50.8 Å². The van der Waals surface area contributed by atoms with Gasteiger partial charge in [-0.3, -0.25) is 29.3 Å². The minimum absolute atomic E-state index is 0.0120. The van der Waals surface area contributed by atoms with Crippen LogP contribution in [0.25, 0.3) is 0 Å². The minimum atomic E-state index is -3.75. The standard InChI is InChI=1S/C28H33N7O7.C25H39N9O6S/c1-5-12-42-28(40)32-22(26(37)38)15-35-17-29-24(33-35)16-34(3)25(36)14-19-10-11-21(23(13-19)41-4)31-27(39)30-20-9-7-6-8-18(20)2;1-4-5-13-41(39,40)31-20(24(36)37)14-34-17-27-21(30-34)15-32(3)22(35)16-33-11-8-19(9-12-33)28-25(38)29-23-18(2)7-6-10-26-23/h5-11,13,17,22H,1,12,14-16H2,2-4H3,(H,32,40)(H,37,38)(H2,30,31,39);6-7,10,17,19-20,31H,4-5,8-9,11-16H2,1-3H3,(H,36,37)(H2,26,28,29,38). The molecule has 1 aliphatic rings. The number of aliphatic carboxylic acids is 2. The molecule has 1 aliphatic heterocycles. The summed E-state index contributed by atoms with van der Waals surface area (Å²) in [5, 5.41) is 40.8. The molecule has 0 radical (unpaired) electrons. The van der Waals surface area contributed by atoms with Gasteiger partial charge in [0.25, 0.3) is 0 Å². The van der Waals surface area contributed by atoms with Gasteiger partial charge >= 0.3 is 30.1 Å². The fraction of sp³-hybridized carbons (Fsp3) is 0.434. The van der Waals surface area contributed by atoms with Crippen molar-refractivity contribution in [3.8, 4) is 5.75 Å². The highest BCUT2D eigenvalue weighted by atomic mass is 32.2. The van der Waals surface area contributed by atoms with Crippen molar-refractivity contribution in [3.63, 3.8) is 0 Å². The van der Waals surface area contributed by atoms with Crippen LogP contribution in [0.2, 0.25) is 0 Å². The second kappa shape index (κ2) is 31.8. The number of carboxylic acid groups (broad SMARTS) is 2. The number of hydrogen-bond acceptors (Lipinski definition) is 17. The van der Waals surface area contributed by atoms with Crippen LogP contribution in [0.3, 0.4) is 0 Å². The molecule has 8 N–H and O–H groups in total. The molecule has 30 heteroatoms. The average Bonchev–Trinajstić information content (AvgIpc) is 4.12. The number of hydrogen-bond donors (Lipinski definition) is 8. The first-order valence-electron chi connectivity index (χ1n) is 26.3. The van der Waals surface area contributed by atoms with Gasteiger partial charge in [0.15, 0.2) is 11.6 Å². The van der Waals surface area contributed by atoms with Crippen molar-refractivity contribution < 1.29 is 61.7 Å². The Morgan fingerprint density at radius 2 is 1.41 bits per heavy atom. The van der Waals surface area contributed by atoms with E-state index in [-0.39, 0.29) is 81.2 Å². The Bertz CT molecular complexity index is 3150. The van der Waals surface area contributed by atoms with Gasteiger partial charge in [-0.1, -0.05) is 56.3 Å². The number of aryl methyl sites for hydroxylation is 2. The Labute approximate surface area is 480 Å². The number of carbonyl (C=O) groups excluding carboxylic acids is 5. The van der Waals surface area contributed by atoms with Gasteiger partial charge in [0.05, 0.1) is 57.7 Å². The van der Waals surface area contributed by atoms with E-state index in [1.165, 1.54) is 45.0 Å². The third kappa shape index (κ3) is 21.8. The summed E-state index contributed by atoms with van der Waals surface area (Å²) in [5.74, 6) is -1.64. The number of piperidine rings is 1. The number of urea groups is 2. The topological polar surface area (TPSA) is 369 Å². The summed E-state index contributed by atoms with van der Waals surface area (Å²) >= 11 is 0. The monoisotopic (exact) mass is 1170 g/mol. The first kappa shape index (κ1) is 64.8. The Morgan fingerprint density at radius 3 is 2.01 bits per heavy atom. The number of benzene rings is 2. The lowest BCUT2D eigenvalue weighted by atomic mass is 10.1. The molecule has 448 valence electrons. The maximum Gasteiger partial charge on any atom is 0.408 e. The van der Waals surface area contributed by atoms with Crippen molar-refractivity contribution in [2.75, 3.05) is 69.1 Å². The molecule has 0 bridgehead atoms. The fourth-order valence-corrected chi connectivity index (χ4v) is 9.38. The second-order valence-corrected chi connectivity index (χ2v) is 21.2. The summed E-state index contributed by atoms with van der Waals surface area (Å²) < 4.78 is 39.2. The second-order valence-electron chi connectivity index (χ2n) is 19.3. The fourth-order valence-electron chi connectivity index (χ4n) is 7.98. The summed E-state index contributed by atoms with van der Waals surface area (Å²) in [4.78, 5) is 103. The molecule has 2 atom stereocenters. The predicted molar refractivity (Wildman–Crippen MR) is 303 cm³/mol. The SMILES string of the molecule is C=CCOC(=O)NC(Cn1cnc(CN(C)C(=O)Cc2ccc(NC(=O)Nc3ccccc3C)c(OC)c2)n1)C(=O)O.CCCCS(=O)(=O)NC(Cn1cnc(CN(C)C(=O)CN2CCC(NC(=O)Nc3ncccc3C)CC2)n1)C(=O)O. The van der Waals surface area contributed by atoms with E-state index in [0.717, 1.165) is 11.1 Å². The van der Waals surface area contributed by atoms with E-state index in [1.54, 1.807) is 50.6 Å². The summed E-state index contributed by atoms with van der Waals surface area (Å²) in [7, 11) is 0.935. The number of unbranched alkanes of at least 4 members (excludes halogenated alkanes) is 1. The highest BCUT2D eigenvalue weighted by Gasteiger charge is 2.27. The van der Waals surface area contributed by atoms with Crippen LogP contribution in [-0.2, 0) is 66.5 Å². The van der Waals surface area contributed by atoms with Crippen LogP contribution in [0.15, 0.2) is 86.1 Å². The van der Waals surface area contributed by atoms with Gasteiger partial charge in [-0.25, -0.2) is 47.2 Å². The Kier molecular flexibility index (Phi) is 24.8. The van der Waals surface area contributed by atoms with Crippen LogP contribution in [0.1, 0.15) is 60.9 Å². The van der Waals surface area contributed by atoms with Gasteiger partial charge in [0.2, 0.25) is 21.8 Å². The number of sulfonamides is 1. The maximum atomic E-state index is 12.9. The zero-order chi connectivity index (χ0) is 60.6. The normalized spacial score (nSPS) is 13.2. The number of anilines is 3. The summed E-state index contributed by atoms with van der Waals surface area (Å²) in [6, 6.07) is 12.6. The molecule has 83 heavy (non-hydrogen) atoms. The summed E-state index contributed by atoms with van der Waals surface area (Å²) in [6.45, 7) is 10.2. The molecule has 3 aromatic heterocycles. The minimum Gasteiger partial charge on any atom is -0.495 e. The number of carbonyl (C=O) groups is 7. The van der Waals surface area contributed by atoms with E-state index in [0.29, 0.717) is 73.1 Å². The molecular formula is C53H72N16O13S. The number of likely N-dealkylation sites (N-methyl/N-ethyl adjacent to an activating group) is 2. The quantitative estimate of drug-likeness (QED) is 0.0350. The molecule has 0 spiro atoms. The molecule has 29 nitrogen and oxygen atoms in total. The zero-order valence-corrected chi connectivity index (χ0v) is 47.9. The first-order chi connectivity index (χ1) is 39.5. The van der Waals surface area contributed by atoms with Crippen molar-refractivity contribution in [1.29, 1.82) is 0 Å². The number of pyridine rings is 1. The summed E-state index contributed by atoms with van der Waals surface area (Å²) in [6.07, 6.45) is 7.23. The third-order valence-electron chi connectivity index (χ3n) is 12.6. The van der Waals surface area contributed by atoms with Crippen LogP contribution >= 0.6 is 0 Å². The maximum absolute atomic E-state index is 12.9. The molecule has 6 rings (SSSR count). The van der Waals surface area contributed by atoms with Gasteiger partial charge in [0, 0.05) is 45.1 Å². The molecule has 0 saturated carbocycles. The van der Waals surface area contributed by atoms with E-state index in [4.69, 9.17) is 9.47 Å². The van der Waals surface area contributed by atoms with Gasteiger partial charge in [-0.15, -0.1) is 0 Å². The Morgan fingerprint density at radius 1 is 0.795 bits per heavy atom. The van der Waals surface area contributed by atoms with Crippen LogP contribution in [0.5, 0.6) is 5.75 Å². The highest BCUT2D eigenvalue weighted by Crippen LogP contribution is 2.27. The van der Waals surface area contributed by atoms with Crippen molar-refractivity contribution >= 4 is 69.1 Å². The van der Waals surface area contributed by atoms with Crippen molar-refractivity contribution in [3.05, 3.63) is 114 Å². The molecule has 2 aromatic carbocycles. The smallest absolute Gasteiger partial charge is 0.408 e. The van der Waals surface area contributed by atoms with E-state index in [2.05, 4.69) is 63.0 Å².